The quantitative estimate of drug-likeness (QED) is 0.665. The number of rotatable bonds is 5. The number of hydrogen-bond acceptors (Lipinski definition) is 5. The minimum absolute atomic E-state index is 0.0915. The van der Waals surface area contributed by atoms with Gasteiger partial charge in [-0.1, -0.05) is 35.5 Å². The number of carbonyl (C=O) groups is 1. The molecule has 0 spiro atoms. The minimum atomic E-state index is -0.322. The predicted molar refractivity (Wildman–Crippen MR) is 113 cm³/mol. The monoisotopic (exact) mass is 428 g/mol. The van der Waals surface area contributed by atoms with Crippen molar-refractivity contribution in [3.63, 3.8) is 0 Å². The molecular weight excluding hydrogens is 402 g/mol. The van der Waals surface area contributed by atoms with Crippen LogP contribution >= 0.6 is 0 Å². The molecule has 2 N–H and O–H groups in total. The molecule has 1 amide bonds. The molecule has 6 nitrogen and oxygen atoms in total. The Morgan fingerprint density at radius 3 is 2.71 bits per heavy atom. The van der Waals surface area contributed by atoms with E-state index in [9.17, 15) is 13.6 Å². The van der Waals surface area contributed by atoms with Gasteiger partial charge in [0.05, 0.1) is 0 Å². The number of nitrogens with zero attached hydrogens (tertiary/aromatic N) is 3. The van der Waals surface area contributed by atoms with Crippen molar-refractivity contribution in [3.8, 4) is 11.4 Å². The lowest BCUT2D eigenvalue weighted by atomic mass is 10.0. The smallest absolute Gasteiger partial charge is 0.224 e. The molecule has 4 rings (SSSR count). The molecule has 0 radical (unpaired) electrons. The van der Waals surface area contributed by atoms with Crippen molar-refractivity contribution in [2.24, 2.45) is 5.73 Å². The normalized spacial score (nSPS) is 16.5. The largest absolute Gasteiger partial charge is 0.342 e. The van der Waals surface area contributed by atoms with Crippen LogP contribution in [0.3, 0.4) is 0 Å². The van der Waals surface area contributed by atoms with E-state index in [1.807, 2.05) is 4.90 Å². The second-order valence-corrected chi connectivity index (χ2v) is 7.60. The standard InChI is InChI=1S/C15H21FN2O.C8H5FN2O/c1-11-5-4-8-18(11)15(19)10-13(17)9-12-6-2-3-7-14(12)16;9-7-3-1-2-6(4-7)8-10-5-12-11-8/h2-3,6-7,11,13H,4-5,8-10,17H2,1H3;1-5H/t11-,13?;/m1./s1. The molecule has 1 unspecified atom stereocenters. The lowest BCUT2D eigenvalue weighted by molar-refractivity contribution is -0.132. The Balaban J connectivity index is 0.000000194. The van der Waals surface area contributed by atoms with Crippen LogP contribution < -0.4 is 5.73 Å². The van der Waals surface area contributed by atoms with Gasteiger partial charge in [0.15, 0.2) is 0 Å². The van der Waals surface area contributed by atoms with E-state index in [0.29, 0.717) is 35.8 Å². The fourth-order valence-corrected chi connectivity index (χ4v) is 3.59. The van der Waals surface area contributed by atoms with Gasteiger partial charge in [-0.2, -0.15) is 4.98 Å². The first-order chi connectivity index (χ1) is 14.9. The third kappa shape index (κ3) is 6.42. The molecular formula is C23H26F2N4O2. The summed E-state index contributed by atoms with van der Waals surface area (Å²) in [5.41, 5.74) is 7.17. The molecule has 2 aromatic carbocycles. The van der Waals surface area contributed by atoms with Crippen molar-refractivity contribution in [2.45, 2.75) is 44.7 Å². The molecule has 0 aliphatic carbocycles. The van der Waals surface area contributed by atoms with Gasteiger partial charge in [-0.15, -0.1) is 0 Å². The maximum Gasteiger partial charge on any atom is 0.224 e. The molecule has 3 aromatic rings. The molecule has 2 heterocycles. The molecule has 164 valence electrons. The molecule has 1 fully saturated rings. The summed E-state index contributed by atoms with van der Waals surface area (Å²) in [7, 11) is 0. The summed E-state index contributed by atoms with van der Waals surface area (Å²) in [6.07, 6.45) is 4.03. The number of likely N-dealkylation sites (tertiary alicyclic amines) is 1. The number of hydrogen-bond donors (Lipinski definition) is 1. The molecule has 0 saturated carbocycles. The number of benzene rings is 2. The fraction of sp³-hybridized carbons (Fsp3) is 0.348. The third-order valence-electron chi connectivity index (χ3n) is 5.19. The Bertz CT molecular complexity index is 981. The van der Waals surface area contributed by atoms with E-state index in [4.69, 9.17) is 5.73 Å². The Labute approximate surface area is 180 Å². The van der Waals surface area contributed by atoms with Crippen LogP contribution in [0.4, 0.5) is 8.78 Å². The van der Waals surface area contributed by atoms with Crippen LogP contribution in [0.15, 0.2) is 59.4 Å². The second-order valence-electron chi connectivity index (χ2n) is 7.60. The predicted octanol–water partition coefficient (Wildman–Crippen LogP) is 3.97. The molecule has 8 heteroatoms. The minimum Gasteiger partial charge on any atom is -0.342 e. The van der Waals surface area contributed by atoms with Gasteiger partial charge in [-0.05, 0) is 49.9 Å². The Hall–Kier alpha value is -3.13. The average molecular weight is 428 g/mol. The maximum atomic E-state index is 13.5. The van der Waals surface area contributed by atoms with Crippen LogP contribution in [-0.2, 0) is 11.2 Å². The van der Waals surface area contributed by atoms with Crippen molar-refractivity contribution >= 4 is 5.91 Å². The summed E-state index contributed by atoms with van der Waals surface area (Å²) in [5, 5.41) is 3.57. The van der Waals surface area contributed by atoms with Gasteiger partial charge in [0, 0.05) is 30.6 Å². The van der Waals surface area contributed by atoms with Gasteiger partial charge >= 0.3 is 0 Å². The van der Waals surface area contributed by atoms with E-state index in [1.165, 1.54) is 24.6 Å². The first-order valence-corrected chi connectivity index (χ1v) is 10.2. The van der Waals surface area contributed by atoms with Gasteiger partial charge in [-0.3, -0.25) is 4.79 Å². The van der Waals surface area contributed by atoms with Gasteiger partial charge in [-0.25, -0.2) is 8.78 Å². The summed E-state index contributed by atoms with van der Waals surface area (Å²) in [5.74, 6) is -0.0689. The van der Waals surface area contributed by atoms with Crippen molar-refractivity contribution < 1.29 is 18.1 Å². The van der Waals surface area contributed by atoms with Crippen molar-refractivity contribution in [1.82, 2.24) is 15.0 Å². The zero-order valence-electron chi connectivity index (χ0n) is 17.4. The SMILES string of the molecule is C[C@@H]1CCCN1C(=O)CC(N)Cc1ccccc1F.Fc1cccc(-c2ncon2)c1. The Morgan fingerprint density at radius 1 is 1.26 bits per heavy atom. The van der Waals surface area contributed by atoms with Gasteiger partial charge in [0.25, 0.3) is 0 Å². The molecule has 2 atom stereocenters. The lowest BCUT2D eigenvalue weighted by Crippen LogP contribution is -2.38. The van der Waals surface area contributed by atoms with Crippen molar-refractivity contribution in [3.05, 3.63) is 72.1 Å². The molecule has 1 aromatic heterocycles. The van der Waals surface area contributed by atoms with Gasteiger partial charge in [0.1, 0.15) is 11.6 Å². The number of carbonyl (C=O) groups excluding carboxylic acids is 1. The van der Waals surface area contributed by atoms with Crippen LogP contribution in [0.2, 0.25) is 0 Å². The molecule has 0 bridgehead atoms. The molecule has 1 saturated heterocycles. The van der Waals surface area contributed by atoms with Crippen molar-refractivity contribution in [1.29, 1.82) is 0 Å². The molecule has 1 aliphatic rings. The zero-order chi connectivity index (χ0) is 22.2. The first-order valence-electron chi connectivity index (χ1n) is 10.2. The van der Waals surface area contributed by atoms with Crippen LogP contribution in [0.5, 0.6) is 0 Å². The van der Waals surface area contributed by atoms with E-state index in [2.05, 4.69) is 21.6 Å². The van der Waals surface area contributed by atoms with Crippen LogP contribution in [0, 0.1) is 11.6 Å². The Morgan fingerprint density at radius 2 is 2.06 bits per heavy atom. The highest BCUT2D eigenvalue weighted by Gasteiger charge is 2.26. The number of nitrogens with two attached hydrogens (primary N) is 1. The fourth-order valence-electron chi connectivity index (χ4n) is 3.59. The number of amides is 1. The summed E-state index contributed by atoms with van der Waals surface area (Å²) in [6, 6.07) is 12.6. The topological polar surface area (TPSA) is 85.2 Å². The average Bonchev–Trinajstić information content (AvgIpc) is 3.42. The van der Waals surface area contributed by atoms with Gasteiger partial charge in [0.2, 0.25) is 18.1 Å². The third-order valence-corrected chi connectivity index (χ3v) is 5.19. The van der Waals surface area contributed by atoms with Crippen LogP contribution in [0.25, 0.3) is 11.4 Å². The highest BCUT2D eigenvalue weighted by molar-refractivity contribution is 5.77. The lowest BCUT2D eigenvalue weighted by Gasteiger charge is -2.23. The van der Waals surface area contributed by atoms with Gasteiger partial charge < -0.3 is 15.2 Å². The Kier molecular flexibility index (Phi) is 7.83. The number of halogens is 2. The van der Waals surface area contributed by atoms with E-state index < -0.39 is 0 Å². The molecule has 31 heavy (non-hydrogen) atoms. The van der Waals surface area contributed by atoms with Crippen LogP contribution in [-0.4, -0.2) is 39.6 Å². The summed E-state index contributed by atoms with van der Waals surface area (Å²) in [6.45, 7) is 2.89. The summed E-state index contributed by atoms with van der Waals surface area (Å²) in [4.78, 5) is 17.8. The van der Waals surface area contributed by atoms with E-state index >= 15 is 0 Å². The maximum absolute atomic E-state index is 13.5. The van der Waals surface area contributed by atoms with Crippen molar-refractivity contribution in [2.75, 3.05) is 6.54 Å². The van der Waals surface area contributed by atoms with Crippen LogP contribution in [0.1, 0.15) is 31.7 Å². The van der Waals surface area contributed by atoms with E-state index in [0.717, 1.165) is 19.4 Å². The second kappa shape index (κ2) is 10.8. The number of aromatic nitrogens is 2. The first kappa shape index (κ1) is 22.6. The van der Waals surface area contributed by atoms with E-state index in [1.54, 1.807) is 30.3 Å². The highest BCUT2D eigenvalue weighted by Crippen LogP contribution is 2.18. The summed E-state index contributed by atoms with van der Waals surface area (Å²) < 4.78 is 30.7. The van der Waals surface area contributed by atoms with E-state index in [-0.39, 0.29) is 23.6 Å². The highest BCUT2D eigenvalue weighted by atomic mass is 19.1. The zero-order valence-corrected chi connectivity index (χ0v) is 17.4. The summed E-state index contributed by atoms with van der Waals surface area (Å²) >= 11 is 0. The molecule has 1 aliphatic heterocycles.